The van der Waals surface area contributed by atoms with E-state index in [9.17, 15) is 31.4 Å². The van der Waals surface area contributed by atoms with E-state index in [0.717, 1.165) is 0 Å². The Morgan fingerprint density at radius 3 is 2.00 bits per heavy atom. The van der Waals surface area contributed by atoms with Crippen LogP contribution in [0.5, 0.6) is 0 Å². The van der Waals surface area contributed by atoms with Crippen molar-refractivity contribution in [2.75, 3.05) is 17.7 Å². The lowest BCUT2D eigenvalue weighted by Gasteiger charge is -2.19. The lowest BCUT2D eigenvalue weighted by atomic mass is 10.1. The van der Waals surface area contributed by atoms with Gasteiger partial charge in [-0.25, -0.2) is 0 Å². The molecule has 0 aliphatic carbocycles. The molecule has 0 saturated heterocycles. The van der Waals surface area contributed by atoms with Gasteiger partial charge in [-0.3, -0.25) is 0 Å². The SMILES string of the molecule is OC(CCl)CNc1cc(C(F)(F)F)c(C(F)(F)F)cc1Br. The highest BCUT2D eigenvalue weighted by atomic mass is 79.9. The van der Waals surface area contributed by atoms with Crippen molar-refractivity contribution < 1.29 is 31.4 Å². The number of nitrogens with one attached hydrogen (secondary N) is 1. The highest BCUT2D eigenvalue weighted by Crippen LogP contribution is 2.43. The molecule has 10 heteroatoms. The first-order valence-electron chi connectivity index (χ1n) is 5.42. The minimum absolute atomic E-state index is 0.169. The van der Waals surface area contributed by atoms with Gasteiger partial charge in [-0.2, -0.15) is 26.3 Å². The van der Waals surface area contributed by atoms with Crippen LogP contribution >= 0.6 is 27.5 Å². The van der Waals surface area contributed by atoms with Gasteiger partial charge in [0.05, 0.1) is 23.1 Å². The fraction of sp³-hybridized carbons (Fsp3) is 0.455. The number of rotatable bonds is 4. The van der Waals surface area contributed by atoms with Crippen LogP contribution in [-0.2, 0) is 12.4 Å². The first-order valence-corrected chi connectivity index (χ1v) is 6.75. The summed E-state index contributed by atoms with van der Waals surface area (Å²) >= 11 is 8.08. The maximum Gasteiger partial charge on any atom is 0.417 e. The second-order valence-electron chi connectivity index (χ2n) is 4.06. The van der Waals surface area contributed by atoms with Crippen LogP contribution in [0.3, 0.4) is 0 Å². The van der Waals surface area contributed by atoms with E-state index < -0.39 is 29.6 Å². The van der Waals surface area contributed by atoms with Gasteiger partial charge in [0.2, 0.25) is 0 Å². The van der Waals surface area contributed by atoms with Crippen molar-refractivity contribution in [3.8, 4) is 0 Å². The molecule has 0 bridgehead atoms. The molecule has 0 aliphatic heterocycles. The third-order valence-corrected chi connectivity index (χ3v) is 3.44. The van der Waals surface area contributed by atoms with Crippen molar-refractivity contribution in [2.45, 2.75) is 18.5 Å². The topological polar surface area (TPSA) is 32.3 Å². The Kier molecular flexibility index (Phi) is 5.79. The zero-order valence-corrected chi connectivity index (χ0v) is 12.5. The molecule has 0 aliphatic rings. The standard InChI is InChI=1S/C11H9BrClF6NO/c12-8-1-6(10(14,15)16)7(11(17,18)19)2-9(8)20-4-5(21)3-13/h1-2,5,20-21H,3-4H2. The van der Waals surface area contributed by atoms with Crippen LogP contribution in [0, 0.1) is 0 Å². The fourth-order valence-electron chi connectivity index (χ4n) is 1.46. The van der Waals surface area contributed by atoms with Crippen molar-refractivity contribution >= 4 is 33.2 Å². The minimum atomic E-state index is -5.16. The molecule has 21 heavy (non-hydrogen) atoms. The normalized spacial score (nSPS) is 14.1. The summed E-state index contributed by atoms with van der Waals surface area (Å²) in [5.41, 5.74) is -3.81. The summed E-state index contributed by atoms with van der Waals surface area (Å²) in [5.74, 6) is -0.169. The molecule has 1 unspecified atom stereocenters. The summed E-state index contributed by atoms with van der Waals surface area (Å²) < 4.78 is 76.0. The zero-order valence-electron chi connectivity index (χ0n) is 10.1. The molecule has 0 saturated carbocycles. The number of aliphatic hydroxyl groups is 1. The molecule has 1 aromatic rings. The smallest absolute Gasteiger partial charge is 0.390 e. The largest absolute Gasteiger partial charge is 0.417 e. The number of halogens is 8. The summed E-state index contributed by atoms with van der Waals surface area (Å²) in [6.45, 7) is -0.204. The van der Waals surface area contributed by atoms with E-state index in [1.54, 1.807) is 0 Å². The van der Waals surface area contributed by atoms with Crippen molar-refractivity contribution in [1.82, 2.24) is 0 Å². The van der Waals surface area contributed by atoms with Crippen LogP contribution in [0.1, 0.15) is 11.1 Å². The maximum atomic E-state index is 12.7. The van der Waals surface area contributed by atoms with Gasteiger partial charge in [0.25, 0.3) is 0 Å². The number of hydrogen-bond acceptors (Lipinski definition) is 2. The minimum Gasteiger partial charge on any atom is -0.390 e. The molecule has 1 rings (SSSR count). The summed E-state index contributed by atoms with van der Waals surface area (Å²) in [4.78, 5) is 0. The monoisotopic (exact) mass is 399 g/mol. The number of aliphatic hydroxyl groups excluding tert-OH is 1. The maximum absolute atomic E-state index is 12.7. The van der Waals surface area contributed by atoms with Crippen molar-refractivity contribution in [1.29, 1.82) is 0 Å². The quantitative estimate of drug-likeness (QED) is 0.576. The first kappa shape index (κ1) is 18.4. The average molecular weight is 401 g/mol. The molecular formula is C11H9BrClF6NO. The molecule has 1 aromatic carbocycles. The third-order valence-electron chi connectivity index (χ3n) is 2.42. The number of alkyl halides is 7. The van der Waals surface area contributed by atoms with Gasteiger partial charge in [0.1, 0.15) is 0 Å². The van der Waals surface area contributed by atoms with Gasteiger partial charge in [-0.1, -0.05) is 0 Å². The predicted molar refractivity (Wildman–Crippen MR) is 69.4 cm³/mol. The Balaban J connectivity index is 3.26. The number of benzene rings is 1. The second-order valence-corrected chi connectivity index (χ2v) is 5.23. The van der Waals surface area contributed by atoms with Crippen LogP contribution in [0.15, 0.2) is 16.6 Å². The molecule has 0 fully saturated rings. The van der Waals surface area contributed by atoms with Crippen LogP contribution in [0.4, 0.5) is 32.0 Å². The molecule has 120 valence electrons. The van der Waals surface area contributed by atoms with Crippen molar-refractivity contribution in [3.05, 3.63) is 27.7 Å². The van der Waals surface area contributed by atoms with E-state index in [1.807, 2.05) is 0 Å². The van der Waals surface area contributed by atoms with E-state index in [1.165, 1.54) is 0 Å². The highest BCUT2D eigenvalue weighted by molar-refractivity contribution is 9.10. The Bertz CT molecular complexity index is 505. The van der Waals surface area contributed by atoms with Crippen LogP contribution < -0.4 is 5.32 Å². The van der Waals surface area contributed by atoms with Crippen LogP contribution in [-0.4, -0.2) is 23.6 Å². The molecule has 0 radical (unpaired) electrons. The summed E-state index contributed by atoms with van der Waals surface area (Å²) in [5, 5.41) is 11.6. The van der Waals surface area contributed by atoms with E-state index in [0.29, 0.717) is 12.1 Å². The summed E-state index contributed by atoms with van der Waals surface area (Å²) in [7, 11) is 0. The summed E-state index contributed by atoms with van der Waals surface area (Å²) in [6, 6.07) is 0.687. The van der Waals surface area contributed by atoms with Crippen molar-refractivity contribution in [2.24, 2.45) is 0 Å². The molecule has 2 nitrogen and oxygen atoms in total. The highest BCUT2D eigenvalue weighted by Gasteiger charge is 2.43. The van der Waals surface area contributed by atoms with E-state index in [2.05, 4.69) is 21.2 Å². The third kappa shape index (κ3) is 4.93. The van der Waals surface area contributed by atoms with Gasteiger partial charge in [0.15, 0.2) is 0 Å². The van der Waals surface area contributed by atoms with Crippen LogP contribution in [0.2, 0.25) is 0 Å². The molecule has 0 spiro atoms. The van der Waals surface area contributed by atoms with Gasteiger partial charge in [-0.05, 0) is 28.1 Å². The Morgan fingerprint density at radius 1 is 1.10 bits per heavy atom. The number of hydrogen-bond donors (Lipinski definition) is 2. The van der Waals surface area contributed by atoms with Crippen LogP contribution in [0.25, 0.3) is 0 Å². The van der Waals surface area contributed by atoms with E-state index >= 15 is 0 Å². The number of anilines is 1. The first-order chi connectivity index (χ1) is 9.46. The second kappa shape index (κ2) is 6.62. The van der Waals surface area contributed by atoms with Gasteiger partial charge >= 0.3 is 12.4 Å². The van der Waals surface area contributed by atoms with E-state index in [-0.39, 0.29) is 22.6 Å². The predicted octanol–water partition coefficient (Wildman–Crippen LogP) is 4.50. The average Bonchev–Trinajstić information content (AvgIpc) is 2.33. The molecular weight excluding hydrogens is 391 g/mol. The summed E-state index contributed by atoms with van der Waals surface area (Å²) in [6.07, 6.45) is -11.3. The van der Waals surface area contributed by atoms with Gasteiger partial charge < -0.3 is 10.4 Å². The Morgan fingerprint density at radius 2 is 1.57 bits per heavy atom. The fourth-order valence-corrected chi connectivity index (χ4v) is 2.05. The van der Waals surface area contributed by atoms with Gasteiger partial charge in [0, 0.05) is 16.7 Å². The molecule has 0 heterocycles. The van der Waals surface area contributed by atoms with Crippen molar-refractivity contribution in [3.63, 3.8) is 0 Å². The Hall–Kier alpha value is -0.670. The lowest BCUT2D eigenvalue weighted by Crippen LogP contribution is -2.22. The zero-order chi connectivity index (χ0) is 16.4. The molecule has 0 aromatic heterocycles. The molecule has 1 atom stereocenters. The van der Waals surface area contributed by atoms with Gasteiger partial charge in [-0.15, -0.1) is 11.6 Å². The Labute approximate surface area is 129 Å². The lowest BCUT2D eigenvalue weighted by molar-refractivity contribution is -0.162. The molecule has 2 N–H and O–H groups in total. The van der Waals surface area contributed by atoms with E-state index in [4.69, 9.17) is 11.6 Å². The molecule has 0 amide bonds.